The zero-order valence-corrected chi connectivity index (χ0v) is 10.9. The molecular weight excluding hydrogens is 222 g/mol. The van der Waals surface area contributed by atoms with Gasteiger partial charge in [-0.2, -0.15) is 0 Å². The molecule has 2 heteroatoms. The molecule has 0 aromatic heterocycles. The van der Waals surface area contributed by atoms with Gasteiger partial charge >= 0.3 is 0 Å². The van der Waals surface area contributed by atoms with Crippen LogP contribution in [0.15, 0.2) is 24.3 Å². The maximum Gasteiger partial charge on any atom is 0.130 e. The highest BCUT2D eigenvalue weighted by molar-refractivity contribution is 5.75. The van der Waals surface area contributed by atoms with E-state index >= 15 is 0 Å². The van der Waals surface area contributed by atoms with Gasteiger partial charge < -0.3 is 9.69 Å². The Balaban J connectivity index is 2.02. The van der Waals surface area contributed by atoms with E-state index in [1.807, 2.05) is 0 Å². The number of hydrogen-bond donors (Lipinski definition) is 0. The number of aldehydes is 1. The minimum absolute atomic E-state index is 0.195. The van der Waals surface area contributed by atoms with Crippen LogP contribution in [0.1, 0.15) is 44.1 Å². The van der Waals surface area contributed by atoms with Gasteiger partial charge in [-0.15, -0.1) is 0 Å². The molecule has 2 fully saturated rings. The molecular formula is C16H21NO. The third kappa shape index (κ3) is 1.84. The summed E-state index contributed by atoms with van der Waals surface area (Å²) < 4.78 is 0. The van der Waals surface area contributed by atoms with Crippen LogP contribution >= 0.6 is 0 Å². The fraction of sp³-hybridized carbons (Fsp3) is 0.562. The van der Waals surface area contributed by atoms with E-state index in [9.17, 15) is 4.79 Å². The smallest absolute Gasteiger partial charge is 0.130 e. The average molecular weight is 243 g/mol. The summed E-state index contributed by atoms with van der Waals surface area (Å²) in [6.07, 6.45) is 8.21. The van der Waals surface area contributed by atoms with E-state index in [2.05, 4.69) is 29.2 Å². The molecule has 0 unspecified atom stereocenters. The molecule has 0 radical (unpaired) electrons. The standard InChI is InChI=1S/C16H21NO/c18-13-16(9-3-4-10-16)14-7-1-2-8-15(14)17-11-5-6-12-17/h1-2,7-8,13H,3-6,9-12H2. The molecule has 2 aliphatic rings. The molecule has 0 spiro atoms. The molecule has 1 aromatic rings. The molecule has 2 nitrogen and oxygen atoms in total. The van der Waals surface area contributed by atoms with Crippen molar-refractivity contribution in [2.45, 2.75) is 43.9 Å². The predicted octanol–water partition coefficient (Wildman–Crippen LogP) is 3.30. The molecule has 1 heterocycles. The van der Waals surface area contributed by atoms with Crippen molar-refractivity contribution >= 4 is 12.0 Å². The fourth-order valence-corrected chi connectivity index (χ4v) is 3.59. The van der Waals surface area contributed by atoms with Crippen molar-refractivity contribution in [2.24, 2.45) is 0 Å². The molecule has 1 aromatic carbocycles. The Morgan fingerprint density at radius 3 is 2.33 bits per heavy atom. The van der Waals surface area contributed by atoms with E-state index in [-0.39, 0.29) is 5.41 Å². The van der Waals surface area contributed by atoms with Crippen molar-refractivity contribution in [3.05, 3.63) is 29.8 Å². The van der Waals surface area contributed by atoms with Crippen molar-refractivity contribution in [1.29, 1.82) is 0 Å². The second kappa shape index (κ2) is 4.75. The SMILES string of the molecule is O=CC1(c2ccccc2N2CCCC2)CCCC1. The van der Waals surface area contributed by atoms with E-state index < -0.39 is 0 Å². The third-order valence-corrected chi connectivity index (χ3v) is 4.61. The van der Waals surface area contributed by atoms with Gasteiger partial charge in [0, 0.05) is 18.8 Å². The Morgan fingerprint density at radius 2 is 1.67 bits per heavy atom. The minimum Gasteiger partial charge on any atom is -0.371 e. The van der Waals surface area contributed by atoms with Gasteiger partial charge in [-0.1, -0.05) is 31.0 Å². The molecule has 0 amide bonds. The van der Waals surface area contributed by atoms with Gasteiger partial charge in [-0.05, 0) is 37.3 Å². The van der Waals surface area contributed by atoms with Gasteiger partial charge in [0.05, 0.1) is 5.41 Å². The van der Waals surface area contributed by atoms with E-state index in [1.165, 1.54) is 43.2 Å². The van der Waals surface area contributed by atoms with Crippen LogP contribution in [0.5, 0.6) is 0 Å². The topological polar surface area (TPSA) is 20.3 Å². The largest absolute Gasteiger partial charge is 0.371 e. The molecule has 3 rings (SSSR count). The van der Waals surface area contributed by atoms with Crippen LogP contribution < -0.4 is 4.90 Å². The summed E-state index contributed by atoms with van der Waals surface area (Å²) >= 11 is 0. The Bertz CT molecular complexity index is 428. The van der Waals surface area contributed by atoms with Crippen molar-refractivity contribution in [1.82, 2.24) is 0 Å². The molecule has 0 atom stereocenters. The first-order chi connectivity index (χ1) is 8.86. The van der Waals surface area contributed by atoms with Gasteiger partial charge in [0.1, 0.15) is 6.29 Å². The zero-order valence-electron chi connectivity index (χ0n) is 10.9. The van der Waals surface area contributed by atoms with Crippen molar-refractivity contribution in [3.8, 4) is 0 Å². The highest BCUT2D eigenvalue weighted by atomic mass is 16.1. The summed E-state index contributed by atoms with van der Waals surface area (Å²) in [5.74, 6) is 0. The Labute approximate surface area is 109 Å². The van der Waals surface area contributed by atoms with E-state index in [0.717, 1.165) is 25.9 Å². The van der Waals surface area contributed by atoms with Gasteiger partial charge in [-0.25, -0.2) is 0 Å². The molecule has 96 valence electrons. The predicted molar refractivity (Wildman–Crippen MR) is 74.1 cm³/mol. The Morgan fingerprint density at radius 1 is 1.00 bits per heavy atom. The summed E-state index contributed by atoms with van der Waals surface area (Å²) in [6, 6.07) is 8.56. The van der Waals surface area contributed by atoms with Gasteiger partial charge in [0.15, 0.2) is 0 Å². The Hall–Kier alpha value is -1.31. The van der Waals surface area contributed by atoms with Crippen LogP contribution in [-0.4, -0.2) is 19.4 Å². The van der Waals surface area contributed by atoms with Crippen LogP contribution in [0, 0.1) is 0 Å². The summed E-state index contributed by atoms with van der Waals surface area (Å²) in [5.41, 5.74) is 2.39. The number of hydrogen-bond acceptors (Lipinski definition) is 2. The first-order valence-electron chi connectivity index (χ1n) is 7.16. The summed E-state index contributed by atoms with van der Waals surface area (Å²) in [6.45, 7) is 2.29. The lowest BCUT2D eigenvalue weighted by molar-refractivity contribution is -0.112. The highest BCUT2D eigenvalue weighted by Gasteiger charge is 2.37. The summed E-state index contributed by atoms with van der Waals surface area (Å²) in [7, 11) is 0. The lowest BCUT2D eigenvalue weighted by Gasteiger charge is -2.29. The number of carbonyl (C=O) groups excluding carboxylic acids is 1. The average Bonchev–Trinajstić information content (AvgIpc) is 3.11. The second-order valence-corrected chi connectivity index (χ2v) is 5.69. The van der Waals surface area contributed by atoms with Crippen LogP contribution in [0.2, 0.25) is 0 Å². The number of para-hydroxylation sites is 1. The van der Waals surface area contributed by atoms with Gasteiger partial charge in [0.25, 0.3) is 0 Å². The number of rotatable bonds is 3. The van der Waals surface area contributed by atoms with Crippen LogP contribution in [-0.2, 0) is 10.2 Å². The quantitative estimate of drug-likeness (QED) is 0.759. The number of nitrogens with zero attached hydrogens (tertiary/aromatic N) is 1. The molecule has 1 saturated heterocycles. The second-order valence-electron chi connectivity index (χ2n) is 5.69. The zero-order chi connectivity index (χ0) is 12.4. The molecule has 0 N–H and O–H groups in total. The van der Waals surface area contributed by atoms with Crippen LogP contribution in [0.4, 0.5) is 5.69 Å². The van der Waals surface area contributed by atoms with Crippen LogP contribution in [0.25, 0.3) is 0 Å². The molecule has 18 heavy (non-hydrogen) atoms. The number of carbonyl (C=O) groups is 1. The fourth-order valence-electron chi connectivity index (χ4n) is 3.59. The minimum atomic E-state index is -0.195. The van der Waals surface area contributed by atoms with Gasteiger partial charge in [-0.3, -0.25) is 0 Å². The van der Waals surface area contributed by atoms with E-state index in [4.69, 9.17) is 0 Å². The maximum atomic E-state index is 11.7. The summed E-state index contributed by atoms with van der Waals surface area (Å²) in [4.78, 5) is 14.1. The Kier molecular flexibility index (Phi) is 3.11. The monoisotopic (exact) mass is 243 g/mol. The third-order valence-electron chi connectivity index (χ3n) is 4.61. The van der Waals surface area contributed by atoms with E-state index in [0.29, 0.717) is 0 Å². The van der Waals surface area contributed by atoms with Gasteiger partial charge in [0.2, 0.25) is 0 Å². The van der Waals surface area contributed by atoms with Crippen molar-refractivity contribution < 1.29 is 4.79 Å². The highest BCUT2D eigenvalue weighted by Crippen LogP contribution is 2.43. The van der Waals surface area contributed by atoms with Crippen molar-refractivity contribution in [2.75, 3.05) is 18.0 Å². The molecule has 0 bridgehead atoms. The normalized spacial score (nSPS) is 22.3. The molecule has 1 saturated carbocycles. The molecule has 1 aliphatic heterocycles. The lowest BCUT2D eigenvalue weighted by atomic mass is 9.79. The number of anilines is 1. The summed E-state index contributed by atoms with van der Waals surface area (Å²) in [5, 5.41) is 0. The molecule has 1 aliphatic carbocycles. The lowest BCUT2D eigenvalue weighted by Crippen LogP contribution is -2.28. The maximum absolute atomic E-state index is 11.7. The first kappa shape index (κ1) is 11.8. The van der Waals surface area contributed by atoms with Crippen molar-refractivity contribution in [3.63, 3.8) is 0 Å². The van der Waals surface area contributed by atoms with Crippen LogP contribution in [0.3, 0.4) is 0 Å². The number of benzene rings is 1. The first-order valence-corrected chi connectivity index (χ1v) is 7.16. The van der Waals surface area contributed by atoms with E-state index in [1.54, 1.807) is 0 Å².